The Labute approximate surface area is 197 Å². The van der Waals surface area contributed by atoms with E-state index in [9.17, 15) is 9.59 Å². The Morgan fingerprint density at radius 1 is 0.735 bits per heavy atom. The van der Waals surface area contributed by atoms with Crippen LogP contribution in [0.3, 0.4) is 0 Å². The number of Topliss-reactive ketones (excluding diaryl/α,β-unsaturated/α-hetero) is 2. The molecule has 0 saturated heterocycles. The highest BCUT2D eigenvalue weighted by molar-refractivity contribution is 6.00. The molecule has 2 unspecified atom stereocenters. The van der Waals surface area contributed by atoms with Gasteiger partial charge >= 0.3 is 0 Å². The maximum atomic E-state index is 13.0. The zero-order chi connectivity index (χ0) is 23.1. The number of hydrogen-bond acceptors (Lipinski definition) is 5. The fraction of sp³-hybridized carbons (Fsp3) is 0.286. The molecule has 4 aromatic rings. The van der Waals surface area contributed by atoms with Gasteiger partial charge in [-0.05, 0) is 42.2 Å². The van der Waals surface area contributed by atoms with Gasteiger partial charge in [-0.1, -0.05) is 65.8 Å². The Morgan fingerprint density at radius 3 is 2.00 bits per heavy atom. The maximum absolute atomic E-state index is 13.0. The zero-order valence-electron chi connectivity index (χ0n) is 18.8. The minimum atomic E-state index is 0.0807. The van der Waals surface area contributed by atoms with Gasteiger partial charge in [0.15, 0.2) is 11.6 Å². The molecule has 0 bridgehead atoms. The van der Waals surface area contributed by atoms with E-state index in [-0.39, 0.29) is 23.4 Å². The first kappa shape index (κ1) is 20.8. The van der Waals surface area contributed by atoms with E-state index in [0.29, 0.717) is 49.1 Å². The van der Waals surface area contributed by atoms with E-state index in [2.05, 4.69) is 39.6 Å². The fourth-order valence-electron chi connectivity index (χ4n) is 5.49. The molecule has 0 spiro atoms. The van der Waals surface area contributed by atoms with Crippen LogP contribution in [0.15, 0.2) is 65.2 Å². The third-order valence-electron chi connectivity index (χ3n) is 7.19. The minimum absolute atomic E-state index is 0.0807. The predicted octanol–water partition coefficient (Wildman–Crippen LogP) is 5.01. The molecule has 6 heteroatoms. The van der Waals surface area contributed by atoms with Crippen molar-refractivity contribution in [3.63, 3.8) is 0 Å². The largest absolute Gasteiger partial charge is 0.360 e. The van der Waals surface area contributed by atoms with E-state index >= 15 is 0 Å². The molecule has 0 radical (unpaired) electrons. The van der Waals surface area contributed by atoms with Gasteiger partial charge in [-0.25, -0.2) is 0 Å². The topological polar surface area (TPSA) is 88.8 Å². The normalized spacial score (nSPS) is 19.6. The summed E-state index contributed by atoms with van der Waals surface area (Å²) in [6.45, 7) is 0. The number of ketones is 2. The number of carbonyl (C=O) groups excluding carboxylic acids is 2. The number of benzene rings is 2. The molecule has 2 aromatic carbocycles. The molecule has 0 amide bonds. The van der Waals surface area contributed by atoms with Crippen molar-refractivity contribution in [2.24, 2.45) is 0 Å². The molecule has 0 fully saturated rings. The number of nitrogens with zero attached hydrogens (tertiary/aromatic N) is 2. The van der Waals surface area contributed by atoms with Gasteiger partial charge in [-0.2, -0.15) is 5.10 Å². The number of carbonyl (C=O) groups is 2. The highest BCUT2D eigenvalue weighted by atomic mass is 16.5. The van der Waals surface area contributed by atoms with Crippen LogP contribution in [-0.2, 0) is 25.7 Å². The average molecular weight is 452 g/mol. The van der Waals surface area contributed by atoms with E-state index in [1.54, 1.807) is 0 Å². The summed E-state index contributed by atoms with van der Waals surface area (Å²) in [5, 5.41) is 11.8. The third-order valence-corrected chi connectivity index (χ3v) is 7.19. The van der Waals surface area contributed by atoms with Crippen molar-refractivity contribution in [1.82, 2.24) is 15.4 Å². The van der Waals surface area contributed by atoms with Crippen LogP contribution in [0.4, 0.5) is 0 Å². The summed E-state index contributed by atoms with van der Waals surface area (Å²) in [4.78, 5) is 26.0. The molecule has 2 heterocycles. The Bertz CT molecular complexity index is 1250. The Morgan fingerprint density at radius 2 is 1.32 bits per heavy atom. The Kier molecular flexibility index (Phi) is 5.21. The van der Waals surface area contributed by atoms with Crippen LogP contribution in [0.1, 0.15) is 79.4 Å². The molecule has 2 aliphatic carbocycles. The second kappa shape index (κ2) is 8.52. The van der Waals surface area contributed by atoms with E-state index in [1.165, 1.54) is 5.56 Å². The van der Waals surface area contributed by atoms with Gasteiger partial charge in [-0.15, -0.1) is 0 Å². The zero-order valence-corrected chi connectivity index (χ0v) is 18.8. The van der Waals surface area contributed by atoms with Crippen LogP contribution in [0.2, 0.25) is 0 Å². The Balaban J connectivity index is 1.18. The smallest absolute Gasteiger partial charge is 0.168 e. The van der Waals surface area contributed by atoms with E-state index in [1.807, 2.05) is 36.4 Å². The summed E-state index contributed by atoms with van der Waals surface area (Å²) in [6, 6.07) is 20.2. The number of hydrogen-bond donors (Lipinski definition) is 1. The van der Waals surface area contributed by atoms with Gasteiger partial charge < -0.3 is 4.52 Å². The molecule has 2 aromatic heterocycles. The molecule has 2 atom stereocenters. The second-order valence-electron chi connectivity index (χ2n) is 9.33. The lowest BCUT2D eigenvalue weighted by molar-refractivity contribution is 0.0952. The van der Waals surface area contributed by atoms with Gasteiger partial charge in [-0.3, -0.25) is 14.7 Å². The molecule has 170 valence electrons. The number of fused-ring (bicyclic) bond motifs is 2. The molecule has 34 heavy (non-hydrogen) atoms. The summed E-state index contributed by atoms with van der Waals surface area (Å²) in [7, 11) is 0. The summed E-state index contributed by atoms with van der Waals surface area (Å²) < 4.78 is 5.61. The first-order valence-corrected chi connectivity index (χ1v) is 11.9. The third kappa shape index (κ3) is 3.69. The molecule has 6 nitrogen and oxygen atoms in total. The van der Waals surface area contributed by atoms with Gasteiger partial charge in [0.25, 0.3) is 0 Å². The van der Waals surface area contributed by atoms with Crippen LogP contribution >= 0.6 is 0 Å². The number of nitrogens with one attached hydrogen (secondary N) is 1. The molecular weight excluding hydrogens is 426 g/mol. The maximum Gasteiger partial charge on any atom is 0.168 e. The summed E-state index contributed by atoms with van der Waals surface area (Å²) in [6.07, 6.45) is 3.46. The number of aryl methyl sites for hydroxylation is 2. The molecule has 2 aliphatic rings. The van der Waals surface area contributed by atoms with Crippen molar-refractivity contribution in [2.45, 2.75) is 50.4 Å². The van der Waals surface area contributed by atoms with Crippen molar-refractivity contribution in [3.8, 4) is 0 Å². The number of aromatic nitrogens is 3. The Hall–Kier alpha value is -3.80. The predicted molar refractivity (Wildman–Crippen MR) is 126 cm³/mol. The van der Waals surface area contributed by atoms with Crippen LogP contribution in [0.25, 0.3) is 0 Å². The standard InChI is InChI=1S/C28H25N3O3/c32-24-14-19(17-7-3-1-4-8-17)13-23-27(24)21(29-30-23)11-12-22-28-25(33)15-20(16-26(28)34-31-22)18-9-5-2-6-10-18/h1-10,19-20H,11-16H2,(H,29,30). The second-order valence-corrected chi connectivity index (χ2v) is 9.33. The molecule has 0 aliphatic heterocycles. The first-order valence-electron chi connectivity index (χ1n) is 11.9. The monoisotopic (exact) mass is 451 g/mol. The highest BCUT2D eigenvalue weighted by Crippen LogP contribution is 2.36. The van der Waals surface area contributed by atoms with Gasteiger partial charge in [0.1, 0.15) is 5.76 Å². The van der Waals surface area contributed by atoms with Crippen LogP contribution < -0.4 is 0 Å². The van der Waals surface area contributed by atoms with Crippen molar-refractivity contribution < 1.29 is 14.1 Å². The van der Waals surface area contributed by atoms with Gasteiger partial charge in [0.2, 0.25) is 0 Å². The lowest BCUT2D eigenvalue weighted by atomic mass is 9.81. The summed E-state index contributed by atoms with van der Waals surface area (Å²) in [5.74, 6) is 1.17. The quantitative estimate of drug-likeness (QED) is 0.461. The van der Waals surface area contributed by atoms with Gasteiger partial charge in [0.05, 0.1) is 22.5 Å². The van der Waals surface area contributed by atoms with E-state index in [0.717, 1.165) is 28.9 Å². The number of H-pyrrole nitrogens is 1. The minimum Gasteiger partial charge on any atom is -0.360 e. The molecular formula is C28H25N3O3. The molecule has 0 saturated carbocycles. The fourth-order valence-corrected chi connectivity index (χ4v) is 5.49. The van der Waals surface area contributed by atoms with Crippen LogP contribution in [0.5, 0.6) is 0 Å². The lowest BCUT2D eigenvalue weighted by Gasteiger charge is -2.21. The van der Waals surface area contributed by atoms with E-state index in [4.69, 9.17) is 4.52 Å². The summed E-state index contributed by atoms with van der Waals surface area (Å²) >= 11 is 0. The summed E-state index contributed by atoms with van der Waals surface area (Å²) in [5.41, 5.74) is 6.02. The number of aromatic amines is 1. The highest BCUT2D eigenvalue weighted by Gasteiger charge is 2.34. The van der Waals surface area contributed by atoms with Gasteiger partial charge in [0, 0.05) is 25.0 Å². The average Bonchev–Trinajstić information content (AvgIpc) is 3.48. The molecule has 6 rings (SSSR count). The van der Waals surface area contributed by atoms with Crippen LogP contribution in [-0.4, -0.2) is 26.9 Å². The van der Waals surface area contributed by atoms with Crippen molar-refractivity contribution in [2.75, 3.05) is 0 Å². The van der Waals surface area contributed by atoms with Crippen molar-refractivity contribution in [3.05, 3.63) is 106 Å². The lowest BCUT2D eigenvalue weighted by Crippen LogP contribution is -2.20. The van der Waals surface area contributed by atoms with Crippen molar-refractivity contribution in [1.29, 1.82) is 0 Å². The molecule has 1 N–H and O–H groups in total. The first-order chi connectivity index (χ1) is 16.7. The van der Waals surface area contributed by atoms with Crippen LogP contribution in [0, 0.1) is 0 Å². The number of rotatable bonds is 5. The van der Waals surface area contributed by atoms with Crippen molar-refractivity contribution >= 4 is 11.6 Å². The SMILES string of the molecule is O=C1CC(c2ccccc2)Cc2[nH]nc(CCc3noc4c3C(=O)CC(c3ccccc3)C4)c21. The van der Waals surface area contributed by atoms with E-state index < -0.39 is 0 Å².